The minimum atomic E-state index is -1.12. The first-order chi connectivity index (χ1) is 15.5. The molecule has 170 valence electrons. The maximum atomic E-state index is 12.8. The lowest BCUT2D eigenvalue weighted by molar-refractivity contribution is 0.143. The van der Waals surface area contributed by atoms with Crippen molar-refractivity contribution in [3.05, 3.63) is 34.5 Å². The number of nitrogens with one attached hydrogen (secondary N) is 1. The van der Waals surface area contributed by atoms with Gasteiger partial charge in [-0.05, 0) is 56.6 Å². The first-order valence-corrected chi connectivity index (χ1v) is 12.8. The molecule has 0 bridgehead atoms. The molecular weight excluding hydrogens is 448 g/mol. The smallest absolute Gasteiger partial charge is 0.227 e. The molecule has 1 saturated carbocycles. The van der Waals surface area contributed by atoms with Crippen LogP contribution in [0.3, 0.4) is 0 Å². The van der Waals surface area contributed by atoms with E-state index in [4.69, 9.17) is 21.6 Å². The molecule has 0 amide bonds. The molecule has 2 aromatic rings. The van der Waals surface area contributed by atoms with Gasteiger partial charge in [0.15, 0.2) is 5.82 Å². The predicted molar refractivity (Wildman–Crippen MR) is 125 cm³/mol. The minimum Gasteiger partial charge on any atom is -0.394 e. The second-order valence-corrected chi connectivity index (χ2v) is 10.8. The Kier molecular flexibility index (Phi) is 5.90. The lowest BCUT2D eigenvalue weighted by atomic mass is 9.77. The number of rotatable bonds is 5. The number of hydrogen-bond acceptors (Lipinski definition) is 8. The van der Waals surface area contributed by atoms with Crippen molar-refractivity contribution >= 4 is 39.7 Å². The zero-order chi connectivity index (χ0) is 22.3. The summed E-state index contributed by atoms with van der Waals surface area (Å²) in [5, 5.41) is 13.9. The summed E-state index contributed by atoms with van der Waals surface area (Å²) >= 11 is 5.94. The van der Waals surface area contributed by atoms with E-state index in [0.717, 1.165) is 61.2 Å². The zero-order valence-corrected chi connectivity index (χ0v) is 19.7. The molecule has 0 aromatic carbocycles. The molecule has 0 unspecified atom stereocenters. The van der Waals surface area contributed by atoms with Gasteiger partial charge >= 0.3 is 0 Å². The largest absolute Gasteiger partial charge is 0.394 e. The molecular formula is C22H27ClN6O2S. The molecule has 0 spiro atoms. The fourth-order valence-corrected chi connectivity index (χ4v) is 6.06. The van der Waals surface area contributed by atoms with Crippen molar-refractivity contribution in [3.63, 3.8) is 0 Å². The highest BCUT2D eigenvalue weighted by molar-refractivity contribution is 7.85. The Bertz CT molecular complexity index is 1080. The standard InChI is InChI=1S/C22H27ClN6O2S/c1-14-12-29(8-5-16(14)19-24-10-15(23)11-25-19)21-26-17-4-2-9-32(31)18(17)20(27-21)28-22(13-30)6-3-7-22/h10-11,30H,2-9,12-13H2,1H3,(H,26,27,28)/t32-/m0/s1. The van der Waals surface area contributed by atoms with Gasteiger partial charge < -0.3 is 15.3 Å². The lowest BCUT2D eigenvalue weighted by Crippen LogP contribution is -2.49. The summed E-state index contributed by atoms with van der Waals surface area (Å²) in [6.07, 6.45) is 8.53. The van der Waals surface area contributed by atoms with Gasteiger partial charge in [-0.15, -0.1) is 0 Å². The van der Waals surface area contributed by atoms with E-state index in [9.17, 15) is 9.32 Å². The van der Waals surface area contributed by atoms with Crippen LogP contribution in [0.25, 0.3) is 5.57 Å². The average Bonchev–Trinajstić information content (AvgIpc) is 2.77. The van der Waals surface area contributed by atoms with Gasteiger partial charge in [-0.25, -0.2) is 15.0 Å². The number of aliphatic hydroxyl groups is 1. The first-order valence-electron chi connectivity index (χ1n) is 11.1. The van der Waals surface area contributed by atoms with E-state index in [1.54, 1.807) is 12.4 Å². The molecule has 1 fully saturated rings. The highest BCUT2D eigenvalue weighted by atomic mass is 35.5. The predicted octanol–water partition coefficient (Wildman–Crippen LogP) is 2.98. The number of aromatic nitrogens is 4. The molecule has 2 aliphatic heterocycles. The second-order valence-electron chi connectivity index (χ2n) is 8.87. The second kappa shape index (κ2) is 8.68. The van der Waals surface area contributed by atoms with Crippen molar-refractivity contribution in [2.24, 2.45) is 0 Å². The van der Waals surface area contributed by atoms with Crippen LogP contribution in [-0.4, -0.2) is 60.2 Å². The van der Waals surface area contributed by atoms with Gasteiger partial charge in [0.05, 0.1) is 33.7 Å². The third-order valence-electron chi connectivity index (χ3n) is 6.64. The van der Waals surface area contributed by atoms with Crippen molar-refractivity contribution < 1.29 is 9.32 Å². The van der Waals surface area contributed by atoms with Gasteiger partial charge in [0.25, 0.3) is 0 Å². The highest BCUT2D eigenvalue weighted by Gasteiger charge is 2.38. The molecule has 10 heteroatoms. The van der Waals surface area contributed by atoms with Gasteiger partial charge in [0, 0.05) is 31.2 Å². The molecule has 3 aliphatic rings. The number of nitrogens with zero attached hydrogens (tertiary/aromatic N) is 5. The van der Waals surface area contributed by atoms with Crippen LogP contribution in [0, 0.1) is 0 Å². The molecule has 2 N–H and O–H groups in total. The summed E-state index contributed by atoms with van der Waals surface area (Å²) in [4.78, 5) is 21.3. The zero-order valence-electron chi connectivity index (χ0n) is 18.1. The molecule has 2 aromatic heterocycles. The summed E-state index contributed by atoms with van der Waals surface area (Å²) in [7, 11) is -1.12. The van der Waals surface area contributed by atoms with Crippen molar-refractivity contribution in [2.45, 2.75) is 55.9 Å². The Balaban J connectivity index is 1.47. The number of hydrogen-bond donors (Lipinski definition) is 2. The SMILES string of the molecule is CC1=C(c2ncc(Cl)cn2)CCN(c2nc3c(c(NC4(CO)CCC4)n2)[S@@](=O)CCC3)C1. The van der Waals surface area contributed by atoms with Gasteiger partial charge in [-0.1, -0.05) is 11.6 Å². The summed E-state index contributed by atoms with van der Waals surface area (Å²) in [6, 6.07) is 0. The monoisotopic (exact) mass is 474 g/mol. The Hall–Kier alpha value is -2.10. The van der Waals surface area contributed by atoms with E-state index in [0.29, 0.717) is 34.9 Å². The van der Waals surface area contributed by atoms with Gasteiger partial charge in [-0.3, -0.25) is 4.21 Å². The number of halogens is 1. The average molecular weight is 475 g/mol. The van der Waals surface area contributed by atoms with E-state index in [-0.39, 0.29) is 12.1 Å². The van der Waals surface area contributed by atoms with Crippen LogP contribution in [0.1, 0.15) is 50.5 Å². The van der Waals surface area contributed by atoms with Crippen molar-refractivity contribution in [2.75, 3.05) is 35.7 Å². The molecule has 4 heterocycles. The summed E-state index contributed by atoms with van der Waals surface area (Å²) < 4.78 is 12.8. The van der Waals surface area contributed by atoms with Crippen LogP contribution in [0.4, 0.5) is 11.8 Å². The maximum Gasteiger partial charge on any atom is 0.227 e. The fourth-order valence-electron chi connectivity index (χ4n) is 4.63. The molecule has 1 atom stereocenters. The van der Waals surface area contributed by atoms with Gasteiger partial charge in [-0.2, -0.15) is 4.98 Å². The van der Waals surface area contributed by atoms with E-state index < -0.39 is 10.8 Å². The van der Waals surface area contributed by atoms with Crippen LogP contribution in [-0.2, 0) is 17.2 Å². The number of aliphatic hydroxyl groups excluding tert-OH is 1. The lowest BCUT2D eigenvalue weighted by Gasteiger charge is -2.42. The Morgan fingerprint density at radius 3 is 2.66 bits per heavy atom. The molecule has 0 saturated heterocycles. The number of aryl methyl sites for hydroxylation is 1. The van der Waals surface area contributed by atoms with Gasteiger partial charge in [0.1, 0.15) is 10.7 Å². The minimum absolute atomic E-state index is 0.0454. The number of anilines is 2. The number of fused-ring (bicyclic) bond motifs is 1. The molecule has 0 radical (unpaired) electrons. The Labute approximate surface area is 195 Å². The summed E-state index contributed by atoms with van der Waals surface area (Å²) in [5.74, 6) is 2.62. The van der Waals surface area contributed by atoms with E-state index in [1.807, 2.05) is 0 Å². The molecule has 32 heavy (non-hydrogen) atoms. The highest BCUT2D eigenvalue weighted by Crippen LogP contribution is 2.38. The first kappa shape index (κ1) is 21.7. The summed E-state index contributed by atoms with van der Waals surface area (Å²) in [6.45, 7) is 3.55. The third-order valence-corrected chi connectivity index (χ3v) is 8.38. The Morgan fingerprint density at radius 2 is 2.00 bits per heavy atom. The van der Waals surface area contributed by atoms with Crippen LogP contribution in [0.15, 0.2) is 22.9 Å². The van der Waals surface area contributed by atoms with E-state index in [1.165, 1.54) is 5.57 Å². The van der Waals surface area contributed by atoms with Crippen molar-refractivity contribution in [1.82, 2.24) is 19.9 Å². The normalized spacial score (nSPS) is 22.3. The molecule has 5 rings (SSSR count). The van der Waals surface area contributed by atoms with Crippen LogP contribution < -0.4 is 10.2 Å². The Morgan fingerprint density at radius 1 is 1.22 bits per heavy atom. The van der Waals surface area contributed by atoms with Crippen LogP contribution in [0.2, 0.25) is 5.02 Å². The van der Waals surface area contributed by atoms with E-state index in [2.05, 4.69) is 27.1 Å². The fraction of sp³-hybridized carbons (Fsp3) is 0.545. The molecule has 1 aliphatic carbocycles. The maximum absolute atomic E-state index is 12.8. The topological polar surface area (TPSA) is 104 Å². The van der Waals surface area contributed by atoms with Gasteiger partial charge in [0.2, 0.25) is 5.95 Å². The summed E-state index contributed by atoms with van der Waals surface area (Å²) in [5.41, 5.74) is 2.80. The van der Waals surface area contributed by atoms with Crippen LogP contribution in [0.5, 0.6) is 0 Å². The van der Waals surface area contributed by atoms with Crippen molar-refractivity contribution in [3.8, 4) is 0 Å². The van der Waals surface area contributed by atoms with Crippen molar-refractivity contribution in [1.29, 1.82) is 0 Å². The quantitative estimate of drug-likeness (QED) is 0.681. The van der Waals surface area contributed by atoms with E-state index >= 15 is 0 Å². The van der Waals surface area contributed by atoms with Crippen LogP contribution >= 0.6 is 11.6 Å². The third kappa shape index (κ3) is 4.02. The molecule has 8 nitrogen and oxygen atoms in total.